The number of aromatic nitrogens is 4. The minimum atomic E-state index is 0.0123. The average molecular weight is 315 g/mol. The fourth-order valence-corrected chi connectivity index (χ4v) is 2.71. The molecule has 0 saturated heterocycles. The molecule has 6 heteroatoms. The molecule has 6 nitrogen and oxygen atoms in total. The van der Waals surface area contributed by atoms with Crippen LogP contribution in [0.15, 0.2) is 24.3 Å². The zero-order valence-electron chi connectivity index (χ0n) is 14.3. The molecule has 2 aromatic rings. The van der Waals surface area contributed by atoms with Crippen LogP contribution in [-0.4, -0.2) is 33.9 Å². The molecule has 0 bridgehead atoms. The molecule has 0 spiro atoms. The first-order chi connectivity index (χ1) is 11.0. The molecule has 1 fully saturated rings. The van der Waals surface area contributed by atoms with E-state index >= 15 is 0 Å². The van der Waals surface area contributed by atoms with Crippen LogP contribution >= 0.6 is 0 Å². The molecule has 1 aromatic carbocycles. The van der Waals surface area contributed by atoms with Crippen molar-refractivity contribution in [3.05, 3.63) is 35.7 Å². The van der Waals surface area contributed by atoms with Gasteiger partial charge in [0.15, 0.2) is 5.82 Å². The van der Waals surface area contributed by atoms with Crippen LogP contribution in [0.3, 0.4) is 0 Å². The van der Waals surface area contributed by atoms with Crippen molar-refractivity contribution < 1.29 is 4.74 Å². The second-order valence-electron chi connectivity index (χ2n) is 6.93. The van der Waals surface area contributed by atoms with Crippen LogP contribution in [0.25, 0.3) is 0 Å². The quantitative estimate of drug-likeness (QED) is 0.851. The highest BCUT2D eigenvalue weighted by atomic mass is 16.5. The summed E-state index contributed by atoms with van der Waals surface area (Å²) >= 11 is 0. The van der Waals surface area contributed by atoms with Crippen molar-refractivity contribution in [1.29, 1.82) is 0 Å². The fourth-order valence-electron chi connectivity index (χ4n) is 2.71. The van der Waals surface area contributed by atoms with Gasteiger partial charge in [0.25, 0.3) is 0 Å². The Morgan fingerprint density at radius 2 is 2.00 bits per heavy atom. The summed E-state index contributed by atoms with van der Waals surface area (Å²) in [7, 11) is 1.69. The highest BCUT2D eigenvalue weighted by molar-refractivity contribution is 5.31. The summed E-state index contributed by atoms with van der Waals surface area (Å²) in [5.41, 5.74) is 1.29. The number of tetrazole rings is 1. The first kappa shape index (κ1) is 15.9. The van der Waals surface area contributed by atoms with Crippen LogP contribution in [0, 0.1) is 0 Å². The average Bonchev–Trinajstić information content (AvgIpc) is 3.29. The van der Waals surface area contributed by atoms with Crippen molar-refractivity contribution in [2.75, 3.05) is 13.7 Å². The molecular weight excluding hydrogens is 290 g/mol. The molecule has 1 N–H and O–H groups in total. The number of nitrogens with one attached hydrogen (secondary N) is 1. The zero-order chi connectivity index (χ0) is 16.4. The van der Waals surface area contributed by atoms with E-state index in [1.54, 1.807) is 7.11 Å². The Hall–Kier alpha value is -1.95. The predicted molar refractivity (Wildman–Crippen MR) is 88.5 cm³/mol. The maximum atomic E-state index is 5.23. The van der Waals surface area contributed by atoms with Crippen LogP contribution in [0.4, 0.5) is 0 Å². The number of hydrogen-bond donors (Lipinski definition) is 1. The van der Waals surface area contributed by atoms with Crippen molar-refractivity contribution in [3.8, 4) is 5.75 Å². The van der Waals surface area contributed by atoms with Crippen LogP contribution in [0.1, 0.15) is 57.1 Å². The van der Waals surface area contributed by atoms with Crippen LogP contribution in [-0.2, 0) is 5.41 Å². The Balaban J connectivity index is 1.64. The topological polar surface area (TPSA) is 64.9 Å². The summed E-state index contributed by atoms with van der Waals surface area (Å²) in [4.78, 5) is 0. The SMILES string of the molecule is COc1ccc(C(C)(C)CNC(C)c2nnnn2C2CC2)cc1. The van der Waals surface area contributed by atoms with Gasteiger partial charge >= 0.3 is 0 Å². The lowest BCUT2D eigenvalue weighted by Gasteiger charge is -2.27. The van der Waals surface area contributed by atoms with Crippen LogP contribution in [0.5, 0.6) is 5.75 Å². The van der Waals surface area contributed by atoms with E-state index in [1.807, 2.05) is 16.8 Å². The van der Waals surface area contributed by atoms with Gasteiger partial charge in [-0.1, -0.05) is 26.0 Å². The smallest absolute Gasteiger partial charge is 0.168 e. The van der Waals surface area contributed by atoms with Crippen LogP contribution in [0.2, 0.25) is 0 Å². The Labute approximate surface area is 137 Å². The van der Waals surface area contributed by atoms with Crippen molar-refractivity contribution in [1.82, 2.24) is 25.5 Å². The maximum absolute atomic E-state index is 5.23. The summed E-state index contributed by atoms with van der Waals surface area (Å²) in [5, 5.41) is 15.7. The van der Waals surface area contributed by atoms with Gasteiger partial charge in [-0.15, -0.1) is 5.10 Å². The number of benzene rings is 1. The maximum Gasteiger partial charge on any atom is 0.168 e. The number of ether oxygens (including phenoxy) is 1. The monoisotopic (exact) mass is 315 g/mol. The Morgan fingerprint density at radius 3 is 2.61 bits per heavy atom. The highest BCUT2D eigenvalue weighted by Crippen LogP contribution is 2.35. The molecule has 0 amide bonds. The molecule has 0 aliphatic heterocycles. The first-order valence-corrected chi connectivity index (χ1v) is 8.17. The third kappa shape index (κ3) is 3.52. The lowest BCUT2D eigenvalue weighted by molar-refractivity contribution is 0.407. The van der Waals surface area contributed by atoms with Gasteiger partial charge in [-0.05, 0) is 47.9 Å². The number of hydrogen-bond acceptors (Lipinski definition) is 5. The normalized spacial score (nSPS) is 16.3. The van der Waals surface area contributed by atoms with Gasteiger partial charge in [-0.25, -0.2) is 4.68 Å². The summed E-state index contributed by atoms with van der Waals surface area (Å²) in [6.07, 6.45) is 2.37. The summed E-state index contributed by atoms with van der Waals surface area (Å²) in [6, 6.07) is 8.89. The van der Waals surface area contributed by atoms with E-state index in [2.05, 4.69) is 53.7 Å². The van der Waals surface area contributed by atoms with Gasteiger partial charge in [-0.2, -0.15) is 0 Å². The lowest BCUT2D eigenvalue weighted by Crippen LogP contribution is -2.35. The molecule has 1 unspecified atom stereocenters. The first-order valence-electron chi connectivity index (χ1n) is 8.17. The number of methoxy groups -OCH3 is 1. The van der Waals surface area contributed by atoms with E-state index in [0.29, 0.717) is 6.04 Å². The van der Waals surface area contributed by atoms with Crippen molar-refractivity contribution in [2.45, 2.75) is 51.1 Å². The third-order valence-corrected chi connectivity index (χ3v) is 4.52. The second-order valence-corrected chi connectivity index (χ2v) is 6.93. The van der Waals surface area contributed by atoms with Crippen LogP contribution < -0.4 is 10.1 Å². The summed E-state index contributed by atoms with van der Waals surface area (Å²) in [5.74, 6) is 1.81. The molecular formula is C17H25N5O. The van der Waals surface area contributed by atoms with E-state index in [0.717, 1.165) is 18.1 Å². The fraction of sp³-hybridized carbons (Fsp3) is 0.588. The third-order valence-electron chi connectivity index (χ3n) is 4.52. The summed E-state index contributed by atoms with van der Waals surface area (Å²) in [6.45, 7) is 7.43. The van der Waals surface area contributed by atoms with E-state index < -0.39 is 0 Å². The zero-order valence-corrected chi connectivity index (χ0v) is 14.3. The van der Waals surface area contributed by atoms with Gasteiger partial charge in [0.1, 0.15) is 5.75 Å². The van der Waals surface area contributed by atoms with Crippen molar-refractivity contribution in [3.63, 3.8) is 0 Å². The molecule has 3 rings (SSSR count). The Morgan fingerprint density at radius 1 is 1.30 bits per heavy atom. The van der Waals surface area contributed by atoms with Gasteiger partial charge < -0.3 is 10.1 Å². The minimum absolute atomic E-state index is 0.0123. The van der Waals surface area contributed by atoms with E-state index in [9.17, 15) is 0 Å². The van der Waals surface area contributed by atoms with E-state index in [-0.39, 0.29) is 11.5 Å². The largest absolute Gasteiger partial charge is 0.497 e. The molecule has 0 radical (unpaired) electrons. The summed E-state index contributed by atoms with van der Waals surface area (Å²) < 4.78 is 7.20. The van der Waals surface area contributed by atoms with E-state index in [4.69, 9.17) is 4.74 Å². The van der Waals surface area contributed by atoms with Gasteiger partial charge in [0.05, 0.1) is 19.2 Å². The van der Waals surface area contributed by atoms with Gasteiger partial charge in [-0.3, -0.25) is 0 Å². The van der Waals surface area contributed by atoms with E-state index in [1.165, 1.54) is 18.4 Å². The number of nitrogens with zero attached hydrogens (tertiary/aromatic N) is 4. The lowest BCUT2D eigenvalue weighted by atomic mass is 9.84. The second kappa shape index (κ2) is 6.28. The van der Waals surface area contributed by atoms with Gasteiger partial charge in [0, 0.05) is 12.0 Å². The predicted octanol–water partition coefficient (Wildman–Crippen LogP) is 2.65. The van der Waals surface area contributed by atoms with Crippen molar-refractivity contribution >= 4 is 0 Å². The van der Waals surface area contributed by atoms with Crippen molar-refractivity contribution in [2.24, 2.45) is 0 Å². The molecule has 124 valence electrons. The number of rotatable bonds is 7. The molecule has 1 heterocycles. The minimum Gasteiger partial charge on any atom is -0.497 e. The molecule has 1 aliphatic rings. The Bertz CT molecular complexity index is 645. The molecule has 1 saturated carbocycles. The molecule has 1 aromatic heterocycles. The Kier molecular flexibility index (Phi) is 4.35. The standard InChI is InChI=1S/C17H25N5O/c1-12(16-19-20-21-22(16)14-7-8-14)18-11-17(2,3)13-5-9-15(23-4)10-6-13/h5-6,9-10,12,14,18H,7-8,11H2,1-4H3. The van der Waals surface area contributed by atoms with Gasteiger partial charge in [0.2, 0.25) is 0 Å². The molecule has 23 heavy (non-hydrogen) atoms. The highest BCUT2D eigenvalue weighted by Gasteiger charge is 2.30. The molecule has 1 atom stereocenters. The molecule has 1 aliphatic carbocycles.